The summed E-state index contributed by atoms with van der Waals surface area (Å²) in [5.74, 6) is 3.27. The van der Waals surface area contributed by atoms with Crippen molar-refractivity contribution in [3.8, 4) is 5.88 Å². The molecule has 21 heavy (non-hydrogen) atoms. The quantitative estimate of drug-likeness (QED) is 0.782. The van der Waals surface area contributed by atoms with Gasteiger partial charge < -0.3 is 15.0 Å². The molecule has 0 bridgehead atoms. The fourth-order valence-electron chi connectivity index (χ4n) is 2.76. The van der Waals surface area contributed by atoms with Crippen molar-refractivity contribution in [1.82, 2.24) is 15.3 Å². The molecule has 1 saturated heterocycles. The van der Waals surface area contributed by atoms with Crippen LogP contribution in [-0.2, 0) is 0 Å². The molecule has 0 amide bonds. The average molecular weight is 292 g/mol. The van der Waals surface area contributed by atoms with Gasteiger partial charge in [0, 0.05) is 19.2 Å². The fraction of sp³-hybridized carbons (Fsp3) is 0.750. The van der Waals surface area contributed by atoms with Crippen molar-refractivity contribution in [2.45, 2.75) is 40.0 Å². The Labute approximate surface area is 128 Å². The highest BCUT2D eigenvalue weighted by molar-refractivity contribution is 5.42. The van der Waals surface area contributed by atoms with E-state index in [-0.39, 0.29) is 0 Å². The molecule has 0 aromatic carbocycles. The first-order chi connectivity index (χ1) is 10.2. The smallest absolute Gasteiger partial charge is 0.218 e. The van der Waals surface area contributed by atoms with E-state index in [1.54, 1.807) is 0 Å². The monoisotopic (exact) mass is 292 g/mol. The Morgan fingerprint density at radius 2 is 2.05 bits per heavy atom. The Bertz CT molecular complexity index is 430. The van der Waals surface area contributed by atoms with Gasteiger partial charge in [-0.05, 0) is 52.1 Å². The maximum atomic E-state index is 5.52. The van der Waals surface area contributed by atoms with Crippen molar-refractivity contribution < 1.29 is 4.74 Å². The van der Waals surface area contributed by atoms with Crippen LogP contribution in [0.3, 0.4) is 0 Å². The van der Waals surface area contributed by atoms with Crippen molar-refractivity contribution in [3.63, 3.8) is 0 Å². The number of nitrogens with one attached hydrogen (secondary N) is 1. The Kier molecular flexibility index (Phi) is 6.23. The Morgan fingerprint density at radius 1 is 1.29 bits per heavy atom. The molecule has 0 spiro atoms. The molecular weight excluding hydrogens is 264 g/mol. The van der Waals surface area contributed by atoms with E-state index in [2.05, 4.69) is 27.1 Å². The molecule has 2 heterocycles. The van der Waals surface area contributed by atoms with Crippen molar-refractivity contribution in [3.05, 3.63) is 11.9 Å². The second-order valence-corrected chi connectivity index (χ2v) is 5.68. The highest BCUT2D eigenvalue weighted by Gasteiger charge is 2.20. The minimum Gasteiger partial charge on any atom is -0.478 e. The largest absolute Gasteiger partial charge is 0.478 e. The summed E-state index contributed by atoms with van der Waals surface area (Å²) in [7, 11) is 0. The zero-order chi connectivity index (χ0) is 15.1. The van der Waals surface area contributed by atoms with E-state index in [4.69, 9.17) is 4.74 Å². The molecule has 0 aliphatic carbocycles. The average Bonchev–Trinajstić information content (AvgIpc) is 2.48. The van der Waals surface area contributed by atoms with Gasteiger partial charge in [0.15, 0.2) is 0 Å². The van der Waals surface area contributed by atoms with Crippen molar-refractivity contribution in [2.75, 3.05) is 37.7 Å². The number of nitrogens with zero attached hydrogens (tertiary/aromatic N) is 3. The van der Waals surface area contributed by atoms with Gasteiger partial charge in [-0.3, -0.25) is 0 Å². The summed E-state index contributed by atoms with van der Waals surface area (Å²) in [5, 5.41) is 3.53. The van der Waals surface area contributed by atoms with Crippen LogP contribution in [0.1, 0.15) is 38.9 Å². The maximum Gasteiger partial charge on any atom is 0.218 e. The fourth-order valence-corrected chi connectivity index (χ4v) is 2.76. The van der Waals surface area contributed by atoms with Crippen LogP contribution in [0.2, 0.25) is 0 Å². The number of hydrogen-bond donors (Lipinski definition) is 1. The topological polar surface area (TPSA) is 50.3 Å². The van der Waals surface area contributed by atoms with E-state index in [9.17, 15) is 0 Å². The summed E-state index contributed by atoms with van der Waals surface area (Å²) in [4.78, 5) is 11.2. The third kappa shape index (κ3) is 4.84. The standard InChI is InChI=1S/C16H28N4O/c1-4-8-17-12-14-6-9-20(10-7-14)15-11-16(21-5-2)19-13(3)18-15/h11,14,17H,4-10,12H2,1-3H3. The zero-order valence-electron chi connectivity index (χ0n) is 13.6. The normalized spacial score (nSPS) is 16.2. The van der Waals surface area contributed by atoms with Crippen LogP contribution in [0.15, 0.2) is 6.07 Å². The molecule has 1 aromatic heterocycles. The van der Waals surface area contributed by atoms with Gasteiger partial charge in [-0.1, -0.05) is 6.92 Å². The van der Waals surface area contributed by atoms with E-state index < -0.39 is 0 Å². The number of aromatic nitrogens is 2. The maximum absolute atomic E-state index is 5.52. The second kappa shape index (κ2) is 8.17. The number of ether oxygens (including phenoxy) is 1. The molecule has 5 nitrogen and oxygen atoms in total. The third-order valence-electron chi connectivity index (χ3n) is 3.89. The van der Waals surface area contributed by atoms with Crippen LogP contribution in [0, 0.1) is 12.8 Å². The molecule has 118 valence electrons. The van der Waals surface area contributed by atoms with Gasteiger partial charge in [-0.15, -0.1) is 0 Å². The van der Waals surface area contributed by atoms with Gasteiger partial charge in [0.25, 0.3) is 0 Å². The summed E-state index contributed by atoms with van der Waals surface area (Å²) < 4.78 is 5.52. The second-order valence-electron chi connectivity index (χ2n) is 5.68. The van der Waals surface area contributed by atoms with Crippen LogP contribution in [0.5, 0.6) is 5.88 Å². The van der Waals surface area contributed by atoms with Gasteiger partial charge in [-0.25, -0.2) is 4.98 Å². The van der Waals surface area contributed by atoms with E-state index in [1.165, 1.54) is 19.3 Å². The molecule has 1 aliphatic heterocycles. The molecule has 1 fully saturated rings. The summed E-state index contributed by atoms with van der Waals surface area (Å²) in [6.45, 7) is 11.2. The van der Waals surface area contributed by atoms with Crippen LogP contribution in [0.4, 0.5) is 5.82 Å². The molecule has 1 aromatic rings. The lowest BCUT2D eigenvalue weighted by Crippen LogP contribution is -2.38. The molecular formula is C16H28N4O. The molecule has 0 atom stereocenters. The summed E-state index contributed by atoms with van der Waals surface area (Å²) >= 11 is 0. The number of aryl methyl sites for hydroxylation is 1. The lowest BCUT2D eigenvalue weighted by molar-refractivity contribution is 0.325. The minimum absolute atomic E-state index is 0.640. The van der Waals surface area contributed by atoms with Gasteiger partial charge in [0.1, 0.15) is 11.6 Å². The van der Waals surface area contributed by atoms with Gasteiger partial charge in [0.2, 0.25) is 5.88 Å². The molecule has 0 unspecified atom stereocenters. The van der Waals surface area contributed by atoms with E-state index in [0.717, 1.165) is 43.7 Å². The lowest BCUT2D eigenvalue weighted by atomic mass is 9.97. The molecule has 5 heteroatoms. The highest BCUT2D eigenvalue weighted by Crippen LogP contribution is 2.23. The number of hydrogen-bond acceptors (Lipinski definition) is 5. The Hall–Kier alpha value is -1.36. The van der Waals surface area contributed by atoms with Crippen LogP contribution in [-0.4, -0.2) is 42.8 Å². The van der Waals surface area contributed by atoms with Crippen LogP contribution in [0.25, 0.3) is 0 Å². The molecule has 1 aliphatic rings. The van der Waals surface area contributed by atoms with Crippen LogP contribution < -0.4 is 15.0 Å². The third-order valence-corrected chi connectivity index (χ3v) is 3.89. The number of piperidine rings is 1. The molecule has 2 rings (SSSR count). The van der Waals surface area contributed by atoms with Gasteiger partial charge in [-0.2, -0.15) is 4.98 Å². The summed E-state index contributed by atoms with van der Waals surface area (Å²) in [6, 6.07) is 1.96. The van der Waals surface area contributed by atoms with Gasteiger partial charge in [0.05, 0.1) is 6.61 Å². The zero-order valence-corrected chi connectivity index (χ0v) is 13.6. The number of anilines is 1. The van der Waals surface area contributed by atoms with E-state index >= 15 is 0 Å². The van der Waals surface area contributed by atoms with Crippen molar-refractivity contribution in [1.29, 1.82) is 0 Å². The number of rotatable bonds is 7. The van der Waals surface area contributed by atoms with Crippen molar-refractivity contribution >= 4 is 5.82 Å². The van der Waals surface area contributed by atoms with Crippen LogP contribution >= 0.6 is 0 Å². The SMILES string of the molecule is CCCNCC1CCN(c2cc(OCC)nc(C)n2)CC1. The van der Waals surface area contributed by atoms with E-state index in [1.807, 2.05) is 19.9 Å². The van der Waals surface area contributed by atoms with Gasteiger partial charge >= 0.3 is 0 Å². The highest BCUT2D eigenvalue weighted by atomic mass is 16.5. The molecule has 1 N–H and O–H groups in total. The molecule has 0 radical (unpaired) electrons. The molecule has 0 saturated carbocycles. The van der Waals surface area contributed by atoms with Crippen molar-refractivity contribution in [2.24, 2.45) is 5.92 Å². The first-order valence-electron chi connectivity index (χ1n) is 8.17. The predicted molar refractivity (Wildman–Crippen MR) is 86.0 cm³/mol. The summed E-state index contributed by atoms with van der Waals surface area (Å²) in [6.07, 6.45) is 3.66. The Morgan fingerprint density at radius 3 is 2.71 bits per heavy atom. The first kappa shape index (κ1) is 16.0. The summed E-state index contributed by atoms with van der Waals surface area (Å²) in [5.41, 5.74) is 0. The lowest BCUT2D eigenvalue weighted by Gasteiger charge is -2.33. The minimum atomic E-state index is 0.640. The van der Waals surface area contributed by atoms with E-state index in [0.29, 0.717) is 12.5 Å². The predicted octanol–water partition coefficient (Wildman–Crippen LogP) is 2.40. The first-order valence-corrected chi connectivity index (χ1v) is 8.17. The Balaban J connectivity index is 1.89.